The SMILES string of the molecule is Ic1cc2sc3cc4cc5sccc5cc4cc3c2cc1I. The first kappa shape index (κ1) is 13.9. The molecule has 4 heteroatoms. The molecule has 0 nitrogen and oxygen atoms in total. The number of rotatable bonds is 0. The van der Waals surface area contributed by atoms with Crippen LogP contribution in [0.3, 0.4) is 0 Å². The molecular formula is C18H8I2S2. The van der Waals surface area contributed by atoms with Crippen LogP contribution in [-0.4, -0.2) is 0 Å². The summed E-state index contributed by atoms with van der Waals surface area (Å²) in [5.41, 5.74) is 0. The number of halogens is 2. The highest BCUT2D eigenvalue weighted by Gasteiger charge is 2.10. The Bertz CT molecular complexity index is 1200. The Morgan fingerprint density at radius 2 is 1.32 bits per heavy atom. The van der Waals surface area contributed by atoms with Crippen molar-refractivity contribution >= 4 is 109 Å². The summed E-state index contributed by atoms with van der Waals surface area (Å²) in [6.07, 6.45) is 0. The Morgan fingerprint density at radius 1 is 0.636 bits per heavy atom. The van der Waals surface area contributed by atoms with Crippen molar-refractivity contribution in [1.82, 2.24) is 0 Å². The van der Waals surface area contributed by atoms with E-state index in [2.05, 4.69) is 93.0 Å². The Kier molecular flexibility index (Phi) is 3.19. The fourth-order valence-electron chi connectivity index (χ4n) is 2.98. The molecule has 0 aliphatic rings. The minimum Gasteiger partial charge on any atom is -0.144 e. The Hall–Kier alpha value is -0.440. The molecule has 0 amide bonds. The van der Waals surface area contributed by atoms with E-state index in [-0.39, 0.29) is 0 Å². The highest BCUT2D eigenvalue weighted by Crippen LogP contribution is 2.39. The third-order valence-electron chi connectivity index (χ3n) is 4.04. The number of hydrogen-bond acceptors (Lipinski definition) is 2. The summed E-state index contributed by atoms with van der Waals surface area (Å²) < 4.78 is 6.81. The maximum Gasteiger partial charge on any atom is 0.0366 e. The first-order valence-corrected chi connectivity index (χ1v) is 10.7. The fourth-order valence-corrected chi connectivity index (χ4v) is 6.10. The predicted molar refractivity (Wildman–Crippen MR) is 118 cm³/mol. The van der Waals surface area contributed by atoms with Crippen molar-refractivity contribution in [3.8, 4) is 0 Å². The largest absolute Gasteiger partial charge is 0.144 e. The second-order valence-corrected chi connectivity index (χ2v) is 9.73. The van der Waals surface area contributed by atoms with Crippen LogP contribution in [0.15, 0.2) is 47.8 Å². The fraction of sp³-hybridized carbons (Fsp3) is 0. The quantitative estimate of drug-likeness (QED) is 0.177. The molecule has 0 fully saturated rings. The van der Waals surface area contributed by atoms with Gasteiger partial charge in [-0.3, -0.25) is 0 Å². The minimum absolute atomic E-state index is 1.33. The molecule has 0 spiro atoms. The molecule has 106 valence electrons. The van der Waals surface area contributed by atoms with E-state index in [1.54, 1.807) is 0 Å². The molecule has 22 heavy (non-hydrogen) atoms. The van der Waals surface area contributed by atoms with Crippen LogP contribution in [0.4, 0.5) is 0 Å². The van der Waals surface area contributed by atoms with Crippen LogP contribution in [0.25, 0.3) is 41.0 Å². The van der Waals surface area contributed by atoms with Gasteiger partial charge in [-0.25, -0.2) is 0 Å². The van der Waals surface area contributed by atoms with Gasteiger partial charge in [-0.1, -0.05) is 0 Å². The van der Waals surface area contributed by atoms with Crippen molar-refractivity contribution < 1.29 is 0 Å². The van der Waals surface area contributed by atoms with Gasteiger partial charge >= 0.3 is 0 Å². The lowest BCUT2D eigenvalue weighted by atomic mass is 10.0. The van der Waals surface area contributed by atoms with Gasteiger partial charge in [-0.2, -0.15) is 0 Å². The molecular weight excluding hydrogens is 534 g/mol. The maximum atomic E-state index is 2.43. The highest BCUT2D eigenvalue weighted by molar-refractivity contribution is 14.1. The van der Waals surface area contributed by atoms with Crippen LogP contribution >= 0.6 is 67.9 Å². The van der Waals surface area contributed by atoms with Crippen molar-refractivity contribution in [2.24, 2.45) is 0 Å². The molecule has 0 aliphatic heterocycles. The van der Waals surface area contributed by atoms with E-state index < -0.39 is 0 Å². The molecule has 2 heterocycles. The van der Waals surface area contributed by atoms with Gasteiger partial charge in [0.25, 0.3) is 0 Å². The van der Waals surface area contributed by atoms with E-state index in [4.69, 9.17) is 0 Å². The number of hydrogen-bond donors (Lipinski definition) is 0. The van der Waals surface area contributed by atoms with Crippen LogP contribution in [-0.2, 0) is 0 Å². The van der Waals surface area contributed by atoms with Crippen molar-refractivity contribution in [3.05, 3.63) is 55.0 Å². The molecule has 0 unspecified atom stereocenters. The van der Waals surface area contributed by atoms with Gasteiger partial charge in [0.2, 0.25) is 0 Å². The number of benzene rings is 3. The summed E-state index contributed by atoms with van der Waals surface area (Å²) in [7, 11) is 0. The lowest BCUT2D eigenvalue weighted by molar-refractivity contribution is 1.68. The van der Waals surface area contributed by atoms with Gasteiger partial charge in [0.15, 0.2) is 0 Å². The molecule has 5 rings (SSSR count). The second kappa shape index (κ2) is 5.03. The molecule has 0 atom stereocenters. The molecule has 5 aromatic rings. The average molecular weight is 542 g/mol. The number of thiophene rings is 2. The third-order valence-corrected chi connectivity index (χ3v) is 8.85. The molecule has 0 radical (unpaired) electrons. The summed E-state index contributed by atoms with van der Waals surface area (Å²) in [6.45, 7) is 0. The number of fused-ring (bicyclic) bond motifs is 5. The Morgan fingerprint density at radius 3 is 2.23 bits per heavy atom. The third kappa shape index (κ3) is 2.03. The molecule has 0 N–H and O–H groups in total. The van der Waals surface area contributed by atoms with Gasteiger partial charge in [0, 0.05) is 32.0 Å². The van der Waals surface area contributed by atoms with E-state index in [1.807, 2.05) is 22.7 Å². The predicted octanol–water partition coefficient (Wildman–Crippen LogP) is 7.63. The molecule has 3 aromatic carbocycles. The van der Waals surface area contributed by atoms with Crippen LogP contribution in [0, 0.1) is 7.14 Å². The average Bonchev–Trinajstić information content (AvgIpc) is 3.07. The van der Waals surface area contributed by atoms with Crippen molar-refractivity contribution in [2.45, 2.75) is 0 Å². The van der Waals surface area contributed by atoms with Crippen LogP contribution in [0.2, 0.25) is 0 Å². The van der Waals surface area contributed by atoms with Crippen LogP contribution < -0.4 is 0 Å². The first-order valence-electron chi connectivity index (χ1n) is 6.81. The van der Waals surface area contributed by atoms with Crippen molar-refractivity contribution in [3.63, 3.8) is 0 Å². The summed E-state index contributed by atoms with van der Waals surface area (Å²) in [5.74, 6) is 0. The molecule has 0 bridgehead atoms. The molecule has 0 saturated heterocycles. The van der Waals surface area contributed by atoms with Crippen LogP contribution in [0.5, 0.6) is 0 Å². The lowest BCUT2D eigenvalue weighted by Gasteiger charge is -2.01. The normalized spacial score (nSPS) is 12.1. The lowest BCUT2D eigenvalue weighted by Crippen LogP contribution is -1.78. The molecule has 0 saturated carbocycles. The highest BCUT2D eigenvalue weighted by atomic mass is 127. The molecule has 2 aromatic heterocycles. The summed E-state index contributed by atoms with van der Waals surface area (Å²) in [6, 6.07) is 16.2. The topological polar surface area (TPSA) is 0 Å². The maximum absolute atomic E-state index is 2.43. The summed E-state index contributed by atoms with van der Waals surface area (Å²) in [4.78, 5) is 0. The zero-order valence-electron chi connectivity index (χ0n) is 11.2. The minimum atomic E-state index is 1.33. The Labute approximate surface area is 162 Å². The Balaban J connectivity index is 1.97. The van der Waals surface area contributed by atoms with Gasteiger partial charge in [-0.15, -0.1) is 22.7 Å². The van der Waals surface area contributed by atoms with Gasteiger partial charge in [0.05, 0.1) is 0 Å². The van der Waals surface area contributed by atoms with Gasteiger partial charge in [-0.05, 0) is 109 Å². The first-order chi connectivity index (χ1) is 10.7. The van der Waals surface area contributed by atoms with E-state index in [0.29, 0.717) is 0 Å². The second-order valence-electron chi connectivity index (χ2n) is 5.37. The van der Waals surface area contributed by atoms with Crippen LogP contribution in [0.1, 0.15) is 0 Å². The van der Waals surface area contributed by atoms with E-state index in [1.165, 1.54) is 48.2 Å². The van der Waals surface area contributed by atoms with Gasteiger partial charge in [0.1, 0.15) is 0 Å². The van der Waals surface area contributed by atoms with E-state index in [0.717, 1.165) is 0 Å². The molecule has 0 aliphatic carbocycles. The summed E-state index contributed by atoms with van der Waals surface area (Å²) >= 11 is 8.57. The van der Waals surface area contributed by atoms with Crippen molar-refractivity contribution in [2.75, 3.05) is 0 Å². The summed E-state index contributed by atoms with van der Waals surface area (Å²) in [5, 5.41) is 8.98. The smallest absolute Gasteiger partial charge is 0.0366 e. The van der Waals surface area contributed by atoms with Crippen molar-refractivity contribution in [1.29, 1.82) is 0 Å². The van der Waals surface area contributed by atoms with Gasteiger partial charge < -0.3 is 0 Å². The monoisotopic (exact) mass is 542 g/mol. The zero-order chi connectivity index (χ0) is 14.8. The van der Waals surface area contributed by atoms with E-state index >= 15 is 0 Å². The zero-order valence-corrected chi connectivity index (χ0v) is 17.1. The standard InChI is InChI=1S/C18H8I2S2/c19-14-7-13-12-4-10-3-9-1-2-21-16(9)5-11(10)6-17(12)22-18(13)8-15(14)20/h1-8H. The van der Waals surface area contributed by atoms with E-state index in [9.17, 15) is 0 Å².